The summed E-state index contributed by atoms with van der Waals surface area (Å²) in [5.74, 6) is 0.0717. The summed E-state index contributed by atoms with van der Waals surface area (Å²) in [7, 11) is 0. The Morgan fingerprint density at radius 1 is 1.07 bits per heavy atom. The van der Waals surface area contributed by atoms with Crippen molar-refractivity contribution in [2.24, 2.45) is 0 Å². The standard InChI is InChI=1S/C33H47N7O3S/c1-24-20-25-6-4-9-35-31(25)32(27(24)22-41)39-14-5-13-38(18-19-39)29(21-30(43)34-10-17-37-11-2-3-12-37)28-23-44-33(36-28)40-15-7-26(42)8-16-40/h4,6,9,20,23,26,29,41-42H,2-3,5,7-8,10-19,21-22H2,1H3,(H,34,43). The maximum Gasteiger partial charge on any atom is 0.222 e. The van der Waals surface area contributed by atoms with Crippen LogP contribution in [0.3, 0.4) is 0 Å². The van der Waals surface area contributed by atoms with Crippen LogP contribution in [0, 0.1) is 6.92 Å². The lowest BCUT2D eigenvalue weighted by atomic mass is 10.0. The number of rotatable bonds is 10. The molecular formula is C33H47N7O3S. The van der Waals surface area contributed by atoms with E-state index in [1.165, 1.54) is 12.8 Å². The Bertz CT molecular complexity index is 1400. The predicted molar refractivity (Wildman–Crippen MR) is 176 cm³/mol. The Hall–Kier alpha value is -2.83. The van der Waals surface area contributed by atoms with Crippen molar-refractivity contribution in [3.05, 3.63) is 46.6 Å². The molecule has 1 amide bonds. The third-order valence-corrected chi connectivity index (χ3v) is 10.5. The molecule has 0 bridgehead atoms. The third-order valence-electron chi connectivity index (χ3n) is 9.56. The summed E-state index contributed by atoms with van der Waals surface area (Å²) in [6.07, 6.45) is 6.93. The number of amides is 1. The number of hydrogen-bond donors (Lipinski definition) is 3. The van der Waals surface area contributed by atoms with Crippen LogP contribution in [0.25, 0.3) is 10.9 Å². The third kappa shape index (κ3) is 7.18. The molecule has 3 aliphatic heterocycles. The highest BCUT2D eigenvalue weighted by molar-refractivity contribution is 7.13. The molecule has 0 radical (unpaired) electrons. The lowest BCUT2D eigenvalue weighted by molar-refractivity contribution is -0.122. The minimum absolute atomic E-state index is 0.0246. The number of aromatic nitrogens is 2. The summed E-state index contributed by atoms with van der Waals surface area (Å²) in [6.45, 7) is 10.7. The van der Waals surface area contributed by atoms with Gasteiger partial charge in [-0.3, -0.25) is 14.7 Å². The van der Waals surface area contributed by atoms with Gasteiger partial charge in [-0.15, -0.1) is 11.3 Å². The smallest absolute Gasteiger partial charge is 0.222 e. The second-order valence-corrected chi connectivity index (χ2v) is 13.4. The number of aliphatic hydroxyl groups is 2. The quantitative estimate of drug-likeness (QED) is 0.314. The zero-order chi connectivity index (χ0) is 30.5. The maximum atomic E-state index is 13.4. The number of anilines is 2. The molecule has 3 saturated heterocycles. The van der Waals surface area contributed by atoms with E-state index in [2.05, 4.69) is 49.4 Å². The first-order valence-corrected chi connectivity index (χ1v) is 17.2. The van der Waals surface area contributed by atoms with Gasteiger partial charge in [-0.2, -0.15) is 0 Å². The number of nitrogens with zero attached hydrogens (tertiary/aromatic N) is 6. The van der Waals surface area contributed by atoms with Crippen LogP contribution in [0.1, 0.15) is 61.4 Å². The van der Waals surface area contributed by atoms with Gasteiger partial charge in [0, 0.05) is 81.3 Å². The van der Waals surface area contributed by atoms with Gasteiger partial charge in [0.05, 0.1) is 35.7 Å². The number of nitrogens with one attached hydrogen (secondary N) is 1. The van der Waals surface area contributed by atoms with Gasteiger partial charge in [-0.1, -0.05) is 6.07 Å². The molecule has 3 aliphatic rings. The lowest BCUT2D eigenvalue weighted by Gasteiger charge is -2.31. The summed E-state index contributed by atoms with van der Waals surface area (Å²) in [5.41, 5.74) is 4.94. The molecule has 5 heterocycles. The minimum atomic E-state index is -0.227. The number of carbonyl (C=O) groups excluding carboxylic acids is 1. The van der Waals surface area contributed by atoms with Crippen LogP contribution in [-0.2, 0) is 11.4 Å². The fourth-order valence-corrected chi connectivity index (χ4v) is 7.98. The molecule has 0 spiro atoms. The lowest BCUT2D eigenvalue weighted by Crippen LogP contribution is -2.39. The number of hydrogen-bond acceptors (Lipinski definition) is 10. The summed E-state index contributed by atoms with van der Waals surface area (Å²) < 4.78 is 0. The fraction of sp³-hybridized carbons (Fsp3) is 0.606. The summed E-state index contributed by atoms with van der Waals surface area (Å²) in [6, 6.07) is 6.05. The molecule has 3 N–H and O–H groups in total. The van der Waals surface area contributed by atoms with Crippen LogP contribution in [0.15, 0.2) is 29.8 Å². The van der Waals surface area contributed by atoms with Crippen molar-refractivity contribution in [1.82, 2.24) is 25.1 Å². The van der Waals surface area contributed by atoms with Gasteiger partial charge < -0.3 is 30.2 Å². The Labute approximate surface area is 264 Å². The van der Waals surface area contributed by atoms with E-state index in [9.17, 15) is 15.0 Å². The van der Waals surface area contributed by atoms with Gasteiger partial charge in [0.1, 0.15) is 0 Å². The van der Waals surface area contributed by atoms with Gasteiger partial charge in [-0.05, 0) is 69.8 Å². The van der Waals surface area contributed by atoms with Crippen LogP contribution in [0.2, 0.25) is 0 Å². The highest BCUT2D eigenvalue weighted by Gasteiger charge is 2.30. The van der Waals surface area contributed by atoms with E-state index < -0.39 is 0 Å². The molecule has 1 atom stereocenters. The van der Waals surface area contributed by atoms with Crippen LogP contribution in [0.5, 0.6) is 0 Å². The summed E-state index contributed by atoms with van der Waals surface area (Å²) >= 11 is 1.64. The van der Waals surface area contributed by atoms with Gasteiger partial charge in [-0.25, -0.2) is 4.98 Å². The van der Waals surface area contributed by atoms with Crippen LogP contribution >= 0.6 is 11.3 Å². The zero-order valence-corrected chi connectivity index (χ0v) is 26.8. The van der Waals surface area contributed by atoms with E-state index in [0.29, 0.717) is 13.0 Å². The second kappa shape index (κ2) is 14.5. The van der Waals surface area contributed by atoms with Gasteiger partial charge in [0.2, 0.25) is 5.91 Å². The van der Waals surface area contributed by atoms with Gasteiger partial charge in [0.15, 0.2) is 5.13 Å². The minimum Gasteiger partial charge on any atom is -0.393 e. The number of thiazole rings is 1. The van der Waals surface area contributed by atoms with E-state index in [1.807, 2.05) is 12.3 Å². The number of aliphatic hydroxyl groups excluding tert-OH is 2. The molecule has 238 valence electrons. The van der Waals surface area contributed by atoms with E-state index >= 15 is 0 Å². The number of likely N-dealkylation sites (tertiary alicyclic amines) is 1. The number of fused-ring (bicyclic) bond motifs is 1. The van der Waals surface area contributed by atoms with Gasteiger partial charge in [0.25, 0.3) is 0 Å². The van der Waals surface area contributed by atoms with E-state index in [-0.39, 0.29) is 24.7 Å². The molecule has 0 saturated carbocycles. The second-order valence-electron chi connectivity index (χ2n) is 12.5. The molecule has 6 rings (SSSR count). The molecule has 1 aromatic carbocycles. The SMILES string of the molecule is Cc1cc2cccnc2c(N2CCCN(C(CC(=O)NCCN3CCCC3)c3csc(N4CCC(O)CC4)n3)CC2)c1CO. The molecule has 1 unspecified atom stereocenters. The number of benzene rings is 1. The molecule has 10 nitrogen and oxygen atoms in total. The van der Waals surface area contributed by atoms with Crippen molar-refractivity contribution in [2.45, 2.75) is 64.2 Å². The van der Waals surface area contributed by atoms with Crippen molar-refractivity contribution in [3.8, 4) is 0 Å². The molecule has 0 aliphatic carbocycles. The number of carbonyl (C=O) groups is 1. The van der Waals surface area contributed by atoms with Crippen molar-refractivity contribution in [2.75, 3.05) is 75.2 Å². The monoisotopic (exact) mass is 621 g/mol. The van der Waals surface area contributed by atoms with Crippen molar-refractivity contribution >= 4 is 39.0 Å². The highest BCUT2D eigenvalue weighted by atomic mass is 32.1. The average molecular weight is 622 g/mol. The molecule has 44 heavy (non-hydrogen) atoms. The highest BCUT2D eigenvalue weighted by Crippen LogP contribution is 2.35. The molecule has 11 heteroatoms. The first kappa shape index (κ1) is 31.2. The topological polar surface area (TPSA) is 108 Å². The van der Waals surface area contributed by atoms with Gasteiger partial charge >= 0.3 is 0 Å². The fourth-order valence-electron chi connectivity index (χ4n) is 7.05. The summed E-state index contributed by atoms with van der Waals surface area (Å²) in [4.78, 5) is 32.7. The Balaban J connectivity index is 1.20. The Morgan fingerprint density at radius 3 is 2.68 bits per heavy atom. The number of aryl methyl sites for hydroxylation is 1. The normalized spacial score (nSPS) is 19.9. The largest absolute Gasteiger partial charge is 0.393 e. The van der Waals surface area contributed by atoms with Crippen molar-refractivity contribution in [1.29, 1.82) is 0 Å². The van der Waals surface area contributed by atoms with E-state index in [0.717, 1.165) is 117 Å². The average Bonchev–Trinajstić information content (AvgIpc) is 3.68. The molecule has 2 aromatic heterocycles. The zero-order valence-electron chi connectivity index (χ0n) is 26.0. The molecule has 3 aromatic rings. The van der Waals surface area contributed by atoms with Crippen LogP contribution in [-0.4, -0.2) is 107 Å². The predicted octanol–water partition coefficient (Wildman–Crippen LogP) is 3.31. The Kier molecular flexibility index (Phi) is 10.3. The molecular weight excluding hydrogens is 574 g/mol. The Morgan fingerprint density at radius 2 is 1.89 bits per heavy atom. The number of piperidine rings is 1. The van der Waals surface area contributed by atoms with Crippen molar-refractivity contribution < 1.29 is 15.0 Å². The number of pyridine rings is 1. The van der Waals surface area contributed by atoms with Crippen molar-refractivity contribution in [3.63, 3.8) is 0 Å². The summed E-state index contributed by atoms with van der Waals surface area (Å²) in [5, 5.41) is 27.8. The maximum absolute atomic E-state index is 13.4. The van der Waals surface area contributed by atoms with Crippen LogP contribution < -0.4 is 15.1 Å². The van der Waals surface area contributed by atoms with E-state index in [1.54, 1.807) is 11.3 Å². The van der Waals surface area contributed by atoms with E-state index in [4.69, 9.17) is 9.97 Å². The first-order valence-electron chi connectivity index (χ1n) is 16.3. The first-order chi connectivity index (χ1) is 21.5. The van der Waals surface area contributed by atoms with Crippen LogP contribution in [0.4, 0.5) is 10.8 Å². The molecule has 3 fully saturated rings.